The molecule has 0 unspecified atom stereocenters. The summed E-state index contributed by atoms with van der Waals surface area (Å²) >= 11 is 5.85. The van der Waals surface area contributed by atoms with Crippen LogP contribution in [0.2, 0.25) is 5.02 Å². The van der Waals surface area contributed by atoms with Crippen LogP contribution < -0.4 is 4.74 Å². The largest absolute Gasteiger partial charge is 0.497 e. The van der Waals surface area contributed by atoms with Crippen molar-refractivity contribution in [3.05, 3.63) is 65.5 Å². The number of carbonyl (C=O) groups is 1. The molecular formula is C22H21ClN2O6S. The Morgan fingerprint density at radius 3 is 2.59 bits per heavy atom. The lowest BCUT2D eigenvalue weighted by atomic mass is 10.2. The van der Waals surface area contributed by atoms with E-state index in [2.05, 4.69) is 4.98 Å². The maximum atomic E-state index is 13.0. The molecule has 0 radical (unpaired) electrons. The molecule has 0 bridgehead atoms. The lowest BCUT2D eigenvalue weighted by molar-refractivity contribution is -0.148. The fourth-order valence-corrected chi connectivity index (χ4v) is 5.26. The van der Waals surface area contributed by atoms with Crippen molar-refractivity contribution >= 4 is 27.6 Å². The highest BCUT2D eigenvalue weighted by atomic mass is 35.5. The van der Waals surface area contributed by atoms with E-state index in [0.717, 1.165) is 5.56 Å². The van der Waals surface area contributed by atoms with Crippen molar-refractivity contribution in [2.45, 2.75) is 30.4 Å². The Morgan fingerprint density at radius 2 is 1.91 bits per heavy atom. The quantitative estimate of drug-likeness (QED) is 0.477. The third kappa shape index (κ3) is 4.64. The Kier molecular flexibility index (Phi) is 6.50. The Hall–Kier alpha value is -2.88. The lowest BCUT2D eigenvalue weighted by Crippen LogP contribution is -2.41. The molecule has 0 N–H and O–H groups in total. The minimum Gasteiger partial charge on any atom is -0.497 e. The number of ether oxygens (including phenoxy) is 2. The number of oxazole rings is 1. The number of sulfonamides is 1. The second-order valence-electron chi connectivity index (χ2n) is 7.21. The van der Waals surface area contributed by atoms with Gasteiger partial charge in [-0.05, 0) is 61.4 Å². The highest BCUT2D eigenvalue weighted by molar-refractivity contribution is 7.89. The number of methoxy groups -OCH3 is 1. The molecule has 0 aliphatic carbocycles. The second-order valence-corrected chi connectivity index (χ2v) is 9.53. The maximum Gasteiger partial charge on any atom is 0.324 e. The van der Waals surface area contributed by atoms with Gasteiger partial charge in [-0.2, -0.15) is 4.31 Å². The molecule has 0 amide bonds. The van der Waals surface area contributed by atoms with Crippen LogP contribution in [0.3, 0.4) is 0 Å². The molecule has 1 saturated heterocycles. The topological polar surface area (TPSA) is 98.9 Å². The molecule has 1 aliphatic rings. The van der Waals surface area contributed by atoms with Gasteiger partial charge in [-0.15, -0.1) is 0 Å². The molecule has 1 fully saturated rings. The van der Waals surface area contributed by atoms with E-state index in [-0.39, 0.29) is 18.0 Å². The summed E-state index contributed by atoms with van der Waals surface area (Å²) in [4.78, 5) is 17.1. The Labute approximate surface area is 190 Å². The van der Waals surface area contributed by atoms with E-state index in [1.807, 2.05) is 0 Å². The standard InChI is InChI=1S/C22H21ClN2O6S/c1-29-18-8-4-15(5-9-18)21-24-17(13-30-21)14-31-22(26)20-3-2-12-25(20)32(27,28)19-10-6-16(23)7-11-19/h4-11,13,20H,2-3,12,14H2,1H3/t20-/m1/s1. The van der Waals surface area contributed by atoms with Crippen LogP contribution in [0, 0.1) is 0 Å². The monoisotopic (exact) mass is 476 g/mol. The third-order valence-corrected chi connectivity index (χ3v) is 7.32. The zero-order valence-corrected chi connectivity index (χ0v) is 18.8. The van der Waals surface area contributed by atoms with E-state index in [1.165, 1.54) is 34.8 Å². The van der Waals surface area contributed by atoms with Crippen LogP contribution in [-0.4, -0.2) is 43.4 Å². The van der Waals surface area contributed by atoms with E-state index in [1.54, 1.807) is 31.4 Å². The van der Waals surface area contributed by atoms with Crippen molar-refractivity contribution in [1.82, 2.24) is 9.29 Å². The smallest absolute Gasteiger partial charge is 0.324 e. The number of esters is 1. The summed E-state index contributed by atoms with van der Waals surface area (Å²) in [7, 11) is -2.26. The molecule has 4 rings (SSSR count). The molecule has 1 aromatic heterocycles. The molecule has 0 saturated carbocycles. The van der Waals surface area contributed by atoms with Crippen LogP contribution in [0.15, 0.2) is 64.1 Å². The van der Waals surface area contributed by atoms with Crippen molar-refractivity contribution in [3.8, 4) is 17.2 Å². The van der Waals surface area contributed by atoms with Gasteiger partial charge < -0.3 is 13.9 Å². The SMILES string of the molecule is COc1ccc(-c2nc(COC(=O)[C@H]3CCCN3S(=O)(=O)c3ccc(Cl)cc3)co2)cc1. The van der Waals surface area contributed by atoms with Gasteiger partial charge in [0.1, 0.15) is 30.4 Å². The van der Waals surface area contributed by atoms with Gasteiger partial charge >= 0.3 is 5.97 Å². The van der Waals surface area contributed by atoms with E-state index in [4.69, 9.17) is 25.5 Å². The van der Waals surface area contributed by atoms with Crippen LogP contribution in [0.4, 0.5) is 0 Å². The van der Waals surface area contributed by atoms with Crippen LogP contribution in [0.5, 0.6) is 5.75 Å². The fraction of sp³-hybridized carbons (Fsp3) is 0.273. The molecule has 3 aromatic rings. The second kappa shape index (κ2) is 9.32. The molecule has 2 heterocycles. The van der Waals surface area contributed by atoms with E-state index in [0.29, 0.717) is 35.2 Å². The molecule has 8 nitrogen and oxygen atoms in total. The highest BCUT2D eigenvalue weighted by Gasteiger charge is 2.40. The molecule has 10 heteroatoms. The number of benzene rings is 2. The van der Waals surface area contributed by atoms with Crippen molar-refractivity contribution < 1.29 is 27.1 Å². The minimum absolute atomic E-state index is 0.0854. The summed E-state index contributed by atoms with van der Waals surface area (Å²) < 4.78 is 43.1. The van der Waals surface area contributed by atoms with Crippen LogP contribution in [0.25, 0.3) is 11.5 Å². The maximum absolute atomic E-state index is 13.0. The zero-order valence-electron chi connectivity index (χ0n) is 17.2. The summed E-state index contributed by atoms with van der Waals surface area (Å²) in [5.41, 5.74) is 1.17. The van der Waals surface area contributed by atoms with Crippen LogP contribution in [0.1, 0.15) is 18.5 Å². The average molecular weight is 477 g/mol. The normalized spacial score (nSPS) is 16.8. The van der Waals surface area contributed by atoms with Crippen molar-refractivity contribution in [2.24, 2.45) is 0 Å². The molecular weight excluding hydrogens is 456 g/mol. The van der Waals surface area contributed by atoms with Gasteiger partial charge in [0.05, 0.1) is 12.0 Å². The molecule has 1 atom stereocenters. The van der Waals surface area contributed by atoms with E-state index in [9.17, 15) is 13.2 Å². The predicted octanol–water partition coefficient (Wildman–Crippen LogP) is 3.90. The molecule has 32 heavy (non-hydrogen) atoms. The van der Waals surface area contributed by atoms with Gasteiger partial charge in [-0.1, -0.05) is 11.6 Å². The number of hydrogen-bond acceptors (Lipinski definition) is 7. The number of hydrogen-bond donors (Lipinski definition) is 0. The first-order chi connectivity index (χ1) is 15.4. The van der Waals surface area contributed by atoms with Crippen molar-refractivity contribution in [3.63, 3.8) is 0 Å². The summed E-state index contributed by atoms with van der Waals surface area (Å²) in [5.74, 6) is 0.477. The lowest BCUT2D eigenvalue weighted by Gasteiger charge is -2.22. The third-order valence-electron chi connectivity index (χ3n) is 5.15. The predicted molar refractivity (Wildman–Crippen MR) is 117 cm³/mol. The molecule has 2 aromatic carbocycles. The first kappa shape index (κ1) is 22.3. The van der Waals surface area contributed by atoms with Gasteiger partial charge in [0.25, 0.3) is 0 Å². The zero-order chi connectivity index (χ0) is 22.7. The van der Waals surface area contributed by atoms with Gasteiger partial charge in [0.15, 0.2) is 0 Å². The van der Waals surface area contributed by atoms with Crippen LogP contribution >= 0.6 is 11.6 Å². The number of rotatable bonds is 7. The Balaban J connectivity index is 1.41. The molecule has 0 spiro atoms. The average Bonchev–Trinajstić information content (AvgIpc) is 3.48. The first-order valence-corrected chi connectivity index (χ1v) is 11.7. The summed E-state index contributed by atoms with van der Waals surface area (Å²) in [6, 6.07) is 12.2. The number of aromatic nitrogens is 1. The Bertz CT molecular complexity index is 1190. The molecule has 168 valence electrons. The summed E-state index contributed by atoms with van der Waals surface area (Å²) in [6.07, 6.45) is 2.36. The van der Waals surface area contributed by atoms with Crippen molar-refractivity contribution in [1.29, 1.82) is 0 Å². The minimum atomic E-state index is -3.84. The van der Waals surface area contributed by atoms with Gasteiger partial charge in [-0.25, -0.2) is 13.4 Å². The number of carbonyl (C=O) groups excluding carboxylic acids is 1. The fourth-order valence-electron chi connectivity index (χ4n) is 3.49. The van der Waals surface area contributed by atoms with E-state index < -0.39 is 22.0 Å². The summed E-state index contributed by atoms with van der Waals surface area (Å²) in [5, 5.41) is 0.433. The van der Waals surface area contributed by atoms with Crippen molar-refractivity contribution in [2.75, 3.05) is 13.7 Å². The number of halogens is 1. The van der Waals surface area contributed by atoms with Gasteiger partial charge in [0, 0.05) is 17.1 Å². The number of nitrogens with zero attached hydrogens (tertiary/aromatic N) is 2. The van der Waals surface area contributed by atoms with E-state index >= 15 is 0 Å². The van der Waals surface area contributed by atoms with Gasteiger partial charge in [0.2, 0.25) is 15.9 Å². The summed E-state index contributed by atoms with van der Waals surface area (Å²) in [6.45, 7) is 0.125. The van der Waals surface area contributed by atoms with Crippen LogP contribution in [-0.2, 0) is 26.2 Å². The first-order valence-electron chi connectivity index (χ1n) is 9.91. The Morgan fingerprint density at radius 1 is 1.19 bits per heavy atom. The molecule has 1 aliphatic heterocycles. The highest BCUT2D eigenvalue weighted by Crippen LogP contribution is 2.28. The van der Waals surface area contributed by atoms with Gasteiger partial charge in [-0.3, -0.25) is 4.79 Å².